The summed E-state index contributed by atoms with van der Waals surface area (Å²) in [4.78, 5) is 58.0. The topological polar surface area (TPSA) is 217 Å². The van der Waals surface area contributed by atoms with Gasteiger partial charge in [0.05, 0.1) is 126 Å². The Hall–Kier alpha value is -6.98. The fraction of sp³-hybridized carbons (Fsp3) is 0.492. The molecule has 0 aliphatic carbocycles. The number of morpholine rings is 2. The molecule has 6 aliphatic rings. The number of nitrogens with one attached hydrogen (secondary N) is 2. The molecule has 0 radical (unpaired) electrons. The molecule has 5 amide bonds. The predicted octanol–water partition coefficient (Wildman–Crippen LogP) is 11.5. The number of nitrogens with zero attached hydrogens (tertiary/aromatic N) is 11. The van der Waals surface area contributed by atoms with Crippen LogP contribution in [0.2, 0.25) is 10.0 Å². The summed E-state index contributed by atoms with van der Waals surface area (Å²) in [7, 11) is 0. The molecular formula is C61H78Cl2F2IN13O10. The van der Waals surface area contributed by atoms with E-state index in [1.165, 1.54) is 55.7 Å². The number of hydrogen-bond acceptors (Lipinski definition) is 15. The summed E-state index contributed by atoms with van der Waals surface area (Å²) in [5, 5.41) is 18.3. The number of urea groups is 1. The van der Waals surface area contributed by atoms with Crippen LogP contribution in [0, 0.1) is 15.2 Å². The van der Waals surface area contributed by atoms with Crippen molar-refractivity contribution in [3.63, 3.8) is 0 Å². The predicted molar refractivity (Wildman–Crippen MR) is 342 cm³/mol. The van der Waals surface area contributed by atoms with E-state index in [0.717, 1.165) is 91.2 Å². The van der Waals surface area contributed by atoms with E-state index in [4.69, 9.17) is 51.6 Å². The van der Waals surface area contributed by atoms with Crippen LogP contribution in [-0.4, -0.2) is 165 Å². The number of amides is 5. The van der Waals surface area contributed by atoms with Crippen molar-refractivity contribution < 1.29 is 56.4 Å². The van der Waals surface area contributed by atoms with Gasteiger partial charge in [0.2, 0.25) is 0 Å². The highest BCUT2D eigenvalue weighted by atomic mass is 127. The number of rotatable bonds is 5. The number of para-hydroxylation sites is 1. The highest BCUT2D eigenvalue weighted by Gasteiger charge is 2.31. The average Bonchev–Trinajstić information content (AvgIpc) is 2.12. The van der Waals surface area contributed by atoms with Gasteiger partial charge in [-0.15, -0.1) is 0 Å². The number of anilines is 4. The normalized spacial score (nSPS) is 16.3. The van der Waals surface area contributed by atoms with Crippen LogP contribution in [0.5, 0.6) is 5.75 Å². The quantitative estimate of drug-likeness (QED) is 0.153. The molecule has 3 saturated heterocycles. The zero-order chi connectivity index (χ0) is 63.7. The number of hydrogen-bond donors (Lipinski definition) is 2. The molecule has 3 aromatic heterocycles. The smallest absolute Gasteiger partial charge is 0.417 e. The van der Waals surface area contributed by atoms with Crippen molar-refractivity contribution in [3.8, 4) is 5.75 Å². The molecule has 482 valence electrons. The number of aromatic nitrogens is 6. The van der Waals surface area contributed by atoms with Crippen LogP contribution in [0.3, 0.4) is 0 Å². The molecule has 9 heterocycles. The molecule has 2 N–H and O–H groups in total. The monoisotopic (exact) mass is 1390 g/mol. The zero-order valence-electron chi connectivity index (χ0n) is 51.0. The lowest BCUT2D eigenvalue weighted by Crippen LogP contribution is -2.43. The van der Waals surface area contributed by atoms with Gasteiger partial charge in [-0.1, -0.05) is 41.4 Å². The van der Waals surface area contributed by atoms with Crippen molar-refractivity contribution in [3.05, 3.63) is 128 Å². The largest absolute Gasteiger partial charge is 0.444 e. The van der Waals surface area contributed by atoms with Crippen LogP contribution < -0.4 is 25.2 Å². The fourth-order valence-electron chi connectivity index (χ4n) is 9.73. The molecule has 89 heavy (non-hydrogen) atoms. The van der Waals surface area contributed by atoms with Gasteiger partial charge >= 0.3 is 24.3 Å². The molecule has 3 fully saturated rings. The summed E-state index contributed by atoms with van der Waals surface area (Å²) >= 11 is 13.6. The van der Waals surface area contributed by atoms with Crippen molar-refractivity contribution in [2.75, 3.05) is 106 Å². The molecule has 23 nitrogen and oxygen atoms in total. The molecule has 0 spiro atoms. The Kier molecular flexibility index (Phi) is 24.5. The summed E-state index contributed by atoms with van der Waals surface area (Å²) in [6, 6.07) is 16.4. The third-order valence-corrected chi connectivity index (χ3v) is 15.7. The van der Waals surface area contributed by atoms with Gasteiger partial charge in [0, 0.05) is 70.4 Å². The van der Waals surface area contributed by atoms with Gasteiger partial charge in [-0.2, -0.15) is 15.3 Å². The van der Waals surface area contributed by atoms with Crippen molar-refractivity contribution >= 4 is 92.9 Å². The Balaban J connectivity index is 0.000000150. The molecule has 0 unspecified atom stereocenters. The van der Waals surface area contributed by atoms with Gasteiger partial charge in [-0.05, 0) is 132 Å². The number of carbonyl (C=O) groups is 4. The first-order chi connectivity index (χ1) is 42.6. The lowest BCUT2D eigenvalue weighted by Gasteiger charge is -2.33. The number of ether oxygens (including phenoxy) is 6. The Morgan fingerprint density at radius 2 is 0.955 bits per heavy atom. The maximum atomic E-state index is 13.3. The minimum absolute atomic E-state index is 0.0193. The highest BCUT2D eigenvalue weighted by molar-refractivity contribution is 14.1. The van der Waals surface area contributed by atoms with E-state index in [2.05, 4.69) is 58.3 Å². The Labute approximate surface area is 540 Å². The summed E-state index contributed by atoms with van der Waals surface area (Å²) in [5.41, 5.74) is 5.26. The van der Waals surface area contributed by atoms with E-state index in [1.54, 1.807) is 39.0 Å². The number of benzene rings is 3. The fourth-order valence-corrected chi connectivity index (χ4v) is 10.7. The van der Waals surface area contributed by atoms with Gasteiger partial charge in [-0.25, -0.2) is 28.0 Å². The van der Waals surface area contributed by atoms with Crippen LogP contribution in [0.25, 0.3) is 0 Å². The first-order valence-electron chi connectivity index (χ1n) is 29.6. The maximum absolute atomic E-state index is 13.3. The molecular weight excluding hydrogens is 1310 g/mol. The second-order valence-corrected chi connectivity index (χ2v) is 25.2. The number of fused-ring (bicyclic) bond motifs is 3. The average molecular weight is 1390 g/mol. The van der Waals surface area contributed by atoms with Crippen LogP contribution in [-0.2, 0) is 63.0 Å². The summed E-state index contributed by atoms with van der Waals surface area (Å²) < 4.78 is 64.9. The SMILES string of the molecule is C1CCOCC1.CC(C)(C)OC(=O)N1CCn2ncc(I)c2C1.CC(C)(C)OC(=O)N1CCn2ncc(N3CCOCC3)c2C1.O=C(Nc1ccc(F)c(Cl)c1)N1CCn2ncc(N3CCOCC3)c2C1.O=C(Nc1ccc(F)c(Cl)c1)Oc1ccccc1. The molecule has 0 saturated carbocycles. The molecule has 0 bridgehead atoms. The Morgan fingerprint density at radius 3 is 1.40 bits per heavy atom. The first-order valence-corrected chi connectivity index (χ1v) is 31.4. The van der Waals surface area contributed by atoms with E-state index in [1.807, 2.05) is 80.2 Å². The second-order valence-electron chi connectivity index (χ2n) is 23.2. The molecule has 3 aromatic carbocycles. The van der Waals surface area contributed by atoms with E-state index in [-0.39, 0.29) is 28.3 Å². The first kappa shape index (κ1) is 67.9. The molecule has 12 rings (SSSR count). The second kappa shape index (κ2) is 32.2. The summed E-state index contributed by atoms with van der Waals surface area (Å²) in [5.74, 6) is -0.636. The summed E-state index contributed by atoms with van der Waals surface area (Å²) in [6.45, 7) is 25.0. The van der Waals surface area contributed by atoms with Gasteiger partial charge < -0.3 is 58.2 Å². The molecule has 6 aliphatic heterocycles. The van der Waals surface area contributed by atoms with E-state index in [9.17, 15) is 28.0 Å². The van der Waals surface area contributed by atoms with Crippen LogP contribution in [0.15, 0.2) is 85.3 Å². The van der Waals surface area contributed by atoms with Crippen LogP contribution in [0.4, 0.5) is 50.7 Å². The van der Waals surface area contributed by atoms with Gasteiger partial charge in [-0.3, -0.25) is 19.4 Å². The van der Waals surface area contributed by atoms with Gasteiger partial charge in [0.25, 0.3) is 0 Å². The lowest BCUT2D eigenvalue weighted by atomic mass is 10.2. The lowest BCUT2D eigenvalue weighted by molar-refractivity contribution is 0.0184. The third-order valence-electron chi connectivity index (χ3n) is 14.2. The van der Waals surface area contributed by atoms with Crippen molar-refractivity contribution in [2.24, 2.45) is 0 Å². The van der Waals surface area contributed by atoms with E-state index < -0.39 is 28.9 Å². The van der Waals surface area contributed by atoms with Crippen molar-refractivity contribution in [2.45, 2.75) is 111 Å². The van der Waals surface area contributed by atoms with Crippen LogP contribution >= 0.6 is 45.8 Å². The molecule has 28 heteroatoms. The molecule has 0 atom stereocenters. The Bertz CT molecular complexity index is 3300. The minimum atomic E-state index is -0.663. The van der Waals surface area contributed by atoms with E-state index >= 15 is 0 Å². The summed E-state index contributed by atoms with van der Waals surface area (Å²) in [6.07, 6.45) is 8.35. The number of carbonyl (C=O) groups excluding carboxylic acids is 4. The number of halogens is 5. The van der Waals surface area contributed by atoms with Crippen molar-refractivity contribution in [1.29, 1.82) is 0 Å². The highest BCUT2D eigenvalue weighted by Crippen LogP contribution is 2.29. The van der Waals surface area contributed by atoms with E-state index in [0.29, 0.717) is 82.7 Å². The standard InChI is InChI=1S/C17H19ClFN5O2.C15H24N4O3.C13H9ClFNO2.C11H16IN3O2.C5H10O/c18-13-9-12(1-2-14(13)19)21-17(25)23-3-4-24-16(11-23)15(10-20-24)22-5-7-26-8-6-22;1-15(2,3)22-14(20)18-4-5-19-13(11-18)12(10-16-19)17-6-8-21-9-7-17;14-11-8-9(6-7-12(11)15)16-13(17)18-10-4-2-1-3-5-10;1-11(2,3)17-10(16)14-4-5-15-9(7-14)8(12)6-13-15;1-2-4-6-5-3-1/h1-2,9-10H,3-8,11H2,(H,21,25);10H,4-9,11H2,1-3H3;1-8H,(H,16,17);6H,4-5,7H2,1-3H3;1-5H2. The Morgan fingerprint density at radius 1 is 0.528 bits per heavy atom. The van der Waals surface area contributed by atoms with Gasteiger partial charge in [0.15, 0.2) is 0 Å². The van der Waals surface area contributed by atoms with Gasteiger partial charge in [0.1, 0.15) is 28.6 Å². The zero-order valence-corrected chi connectivity index (χ0v) is 54.7. The third kappa shape index (κ3) is 20.5. The van der Waals surface area contributed by atoms with Crippen LogP contribution in [0.1, 0.15) is 77.9 Å². The minimum Gasteiger partial charge on any atom is -0.444 e. The molecule has 6 aromatic rings. The van der Waals surface area contributed by atoms with Crippen molar-refractivity contribution in [1.82, 2.24) is 44.0 Å². The maximum Gasteiger partial charge on any atom is 0.417 e.